The molecule has 6 nitrogen and oxygen atoms in total. The third-order valence-electron chi connectivity index (χ3n) is 5.22. The first-order chi connectivity index (χ1) is 12.2. The third-order valence-corrected chi connectivity index (χ3v) is 5.22. The Bertz CT molecular complexity index is 630. The van der Waals surface area contributed by atoms with Gasteiger partial charge in [-0.15, -0.1) is 0 Å². The Hall–Kier alpha value is -1.92. The number of hydrogen-bond donors (Lipinski definition) is 1. The van der Waals surface area contributed by atoms with Gasteiger partial charge in [0.05, 0.1) is 6.54 Å². The van der Waals surface area contributed by atoms with Crippen LogP contribution < -0.4 is 5.32 Å². The van der Waals surface area contributed by atoms with E-state index in [0.29, 0.717) is 13.1 Å². The van der Waals surface area contributed by atoms with Gasteiger partial charge in [-0.2, -0.15) is 0 Å². The molecule has 6 heteroatoms. The van der Waals surface area contributed by atoms with Crippen molar-refractivity contribution in [3.05, 3.63) is 35.9 Å². The maximum absolute atomic E-state index is 12.7. The van der Waals surface area contributed by atoms with Gasteiger partial charge in [0.2, 0.25) is 0 Å². The van der Waals surface area contributed by atoms with Crippen molar-refractivity contribution in [2.24, 2.45) is 0 Å². The molecule has 2 aliphatic heterocycles. The molecule has 0 radical (unpaired) electrons. The number of carbonyl (C=O) groups excluding carboxylic acids is 2. The van der Waals surface area contributed by atoms with Crippen molar-refractivity contribution in [1.29, 1.82) is 0 Å². The fraction of sp³-hybridized carbons (Fsp3) is 0.579. The van der Waals surface area contributed by atoms with Crippen molar-refractivity contribution in [3.63, 3.8) is 0 Å². The number of amides is 2. The maximum Gasteiger partial charge on any atom is 0.255 e. The van der Waals surface area contributed by atoms with Crippen molar-refractivity contribution >= 4 is 11.8 Å². The van der Waals surface area contributed by atoms with Gasteiger partial charge in [-0.1, -0.05) is 49.6 Å². The second kappa shape index (κ2) is 7.14. The molecule has 2 bridgehead atoms. The molecule has 3 aliphatic rings. The Morgan fingerprint density at radius 3 is 2.64 bits per heavy atom. The molecule has 1 aliphatic carbocycles. The van der Waals surface area contributed by atoms with Crippen LogP contribution in [0.15, 0.2) is 30.3 Å². The summed E-state index contributed by atoms with van der Waals surface area (Å²) in [5, 5.41) is 3.04. The SMILES string of the molecule is O=C(NC1CCCCC1)[C@@H]1O[C@@H]2CN(Cc3ccccc3)C(=O)[C@H]1O2. The lowest BCUT2D eigenvalue weighted by Gasteiger charge is -2.30. The number of morpholine rings is 1. The Morgan fingerprint density at radius 1 is 1.12 bits per heavy atom. The number of fused-ring (bicyclic) bond motifs is 2. The summed E-state index contributed by atoms with van der Waals surface area (Å²) < 4.78 is 11.4. The van der Waals surface area contributed by atoms with Gasteiger partial charge in [0.15, 0.2) is 18.5 Å². The van der Waals surface area contributed by atoms with Crippen molar-refractivity contribution in [1.82, 2.24) is 10.2 Å². The second-order valence-electron chi connectivity index (χ2n) is 7.09. The minimum Gasteiger partial charge on any atom is -0.351 e. The van der Waals surface area contributed by atoms with Gasteiger partial charge in [0.25, 0.3) is 11.8 Å². The molecule has 3 atom stereocenters. The summed E-state index contributed by atoms with van der Waals surface area (Å²) in [4.78, 5) is 27.0. The van der Waals surface area contributed by atoms with Crippen molar-refractivity contribution in [2.75, 3.05) is 6.54 Å². The molecule has 3 fully saturated rings. The van der Waals surface area contributed by atoms with E-state index >= 15 is 0 Å². The van der Waals surface area contributed by atoms with Crippen LogP contribution in [0.4, 0.5) is 0 Å². The van der Waals surface area contributed by atoms with E-state index in [0.717, 1.165) is 31.2 Å². The van der Waals surface area contributed by atoms with Crippen LogP contribution >= 0.6 is 0 Å². The van der Waals surface area contributed by atoms with Gasteiger partial charge < -0.3 is 19.7 Å². The predicted octanol–water partition coefficient (Wildman–Crippen LogP) is 1.59. The Labute approximate surface area is 147 Å². The largest absolute Gasteiger partial charge is 0.351 e. The Balaban J connectivity index is 1.40. The van der Waals surface area contributed by atoms with E-state index in [1.54, 1.807) is 4.90 Å². The standard InChI is InChI=1S/C19H24N2O4/c22-18(20-14-9-5-2-6-10-14)16-17-19(23)21(12-15(24-16)25-17)11-13-7-3-1-4-8-13/h1,3-4,7-8,14-17H,2,5-6,9-12H2,(H,20,22)/t15-,16+,17-/m0/s1. The number of nitrogens with one attached hydrogen (secondary N) is 1. The molecule has 4 rings (SSSR count). The topological polar surface area (TPSA) is 67.9 Å². The number of hydrogen-bond acceptors (Lipinski definition) is 4. The van der Waals surface area contributed by atoms with Gasteiger partial charge in [0, 0.05) is 12.6 Å². The van der Waals surface area contributed by atoms with Crippen LogP contribution in [-0.2, 0) is 25.6 Å². The molecule has 2 amide bonds. The lowest BCUT2D eigenvalue weighted by Crippen LogP contribution is -2.52. The van der Waals surface area contributed by atoms with Crippen molar-refractivity contribution < 1.29 is 19.1 Å². The Morgan fingerprint density at radius 2 is 1.88 bits per heavy atom. The van der Waals surface area contributed by atoms with Crippen molar-refractivity contribution in [2.45, 2.75) is 63.2 Å². The highest BCUT2D eigenvalue weighted by Crippen LogP contribution is 2.28. The number of rotatable bonds is 4. The zero-order chi connectivity index (χ0) is 17.2. The quantitative estimate of drug-likeness (QED) is 0.901. The minimum absolute atomic E-state index is 0.165. The predicted molar refractivity (Wildman–Crippen MR) is 90.4 cm³/mol. The lowest BCUT2D eigenvalue weighted by molar-refractivity contribution is -0.162. The van der Waals surface area contributed by atoms with Crippen LogP contribution in [-0.4, -0.2) is 47.8 Å². The molecule has 0 spiro atoms. The molecule has 2 saturated heterocycles. The van der Waals surface area contributed by atoms with E-state index in [1.807, 2.05) is 30.3 Å². The van der Waals surface area contributed by atoms with Crippen LogP contribution in [0.2, 0.25) is 0 Å². The first kappa shape index (κ1) is 16.5. The summed E-state index contributed by atoms with van der Waals surface area (Å²) >= 11 is 0. The molecule has 1 saturated carbocycles. The average Bonchev–Trinajstić information content (AvgIpc) is 3.01. The van der Waals surface area contributed by atoms with E-state index in [2.05, 4.69) is 5.32 Å². The fourth-order valence-corrected chi connectivity index (χ4v) is 3.90. The minimum atomic E-state index is -0.833. The lowest BCUT2D eigenvalue weighted by atomic mass is 9.95. The fourth-order valence-electron chi connectivity index (χ4n) is 3.90. The normalized spacial score (nSPS) is 29.7. The number of benzene rings is 1. The second-order valence-corrected chi connectivity index (χ2v) is 7.09. The van der Waals surface area contributed by atoms with Gasteiger partial charge in [0.1, 0.15) is 0 Å². The van der Waals surface area contributed by atoms with E-state index < -0.39 is 18.5 Å². The zero-order valence-electron chi connectivity index (χ0n) is 14.2. The zero-order valence-corrected chi connectivity index (χ0v) is 14.2. The summed E-state index contributed by atoms with van der Waals surface area (Å²) in [6.45, 7) is 0.869. The van der Waals surface area contributed by atoms with E-state index in [-0.39, 0.29) is 17.9 Å². The molecule has 134 valence electrons. The van der Waals surface area contributed by atoms with Crippen LogP contribution in [0.1, 0.15) is 37.7 Å². The molecule has 0 unspecified atom stereocenters. The highest BCUT2D eigenvalue weighted by molar-refractivity contribution is 5.92. The summed E-state index contributed by atoms with van der Waals surface area (Å²) in [5.41, 5.74) is 1.06. The van der Waals surface area contributed by atoms with Gasteiger partial charge in [-0.3, -0.25) is 9.59 Å². The summed E-state index contributed by atoms with van der Waals surface area (Å²) in [6.07, 6.45) is 3.33. The number of nitrogens with zero attached hydrogens (tertiary/aromatic N) is 1. The van der Waals surface area contributed by atoms with Gasteiger partial charge in [-0.05, 0) is 18.4 Å². The van der Waals surface area contributed by atoms with E-state index in [9.17, 15) is 9.59 Å². The highest BCUT2D eigenvalue weighted by Gasteiger charge is 2.51. The molecule has 1 aromatic carbocycles. The maximum atomic E-state index is 12.7. The van der Waals surface area contributed by atoms with Crippen LogP contribution in [0.3, 0.4) is 0 Å². The molecule has 1 aromatic rings. The first-order valence-corrected chi connectivity index (χ1v) is 9.15. The van der Waals surface area contributed by atoms with Crippen LogP contribution in [0.25, 0.3) is 0 Å². The molecule has 1 N–H and O–H groups in total. The number of ether oxygens (including phenoxy) is 2. The molecular weight excluding hydrogens is 320 g/mol. The monoisotopic (exact) mass is 344 g/mol. The third kappa shape index (κ3) is 3.55. The van der Waals surface area contributed by atoms with Crippen molar-refractivity contribution in [3.8, 4) is 0 Å². The van der Waals surface area contributed by atoms with Crippen LogP contribution in [0.5, 0.6) is 0 Å². The van der Waals surface area contributed by atoms with Gasteiger partial charge in [-0.25, -0.2) is 0 Å². The summed E-state index contributed by atoms with van der Waals surface area (Å²) in [5.74, 6) is -0.379. The highest BCUT2D eigenvalue weighted by atomic mass is 16.7. The number of carbonyl (C=O) groups is 2. The summed E-state index contributed by atoms with van der Waals surface area (Å²) in [7, 11) is 0. The molecule has 2 heterocycles. The van der Waals surface area contributed by atoms with E-state index in [4.69, 9.17) is 9.47 Å². The van der Waals surface area contributed by atoms with Crippen LogP contribution in [0, 0.1) is 0 Å². The van der Waals surface area contributed by atoms with Gasteiger partial charge >= 0.3 is 0 Å². The molecule has 0 aromatic heterocycles. The summed E-state index contributed by atoms with van der Waals surface area (Å²) in [6, 6.07) is 10.0. The molecular formula is C19H24N2O4. The Kier molecular flexibility index (Phi) is 4.72. The smallest absolute Gasteiger partial charge is 0.255 e. The average molecular weight is 344 g/mol. The molecule has 25 heavy (non-hydrogen) atoms. The van der Waals surface area contributed by atoms with E-state index in [1.165, 1.54) is 6.42 Å². The first-order valence-electron chi connectivity index (χ1n) is 9.15.